The summed E-state index contributed by atoms with van der Waals surface area (Å²) in [5.41, 5.74) is -0.0671. The molecule has 0 spiro atoms. The summed E-state index contributed by atoms with van der Waals surface area (Å²) in [5, 5.41) is 17.3. The Hall–Kier alpha value is -2.08. The minimum atomic E-state index is -1.11. The van der Waals surface area contributed by atoms with Crippen LogP contribution in [-0.2, 0) is 9.53 Å². The number of carbonyl (C=O) groups excluding carboxylic acids is 1. The zero-order valence-electron chi connectivity index (χ0n) is 18.4. The fourth-order valence-electron chi connectivity index (χ4n) is 2.73. The van der Waals surface area contributed by atoms with Gasteiger partial charge in [0.05, 0.1) is 13.2 Å². The van der Waals surface area contributed by atoms with Gasteiger partial charge < -0.3 is 14.9 Å². The van der Waals surface area contributed by atoms with Crippen molar-refractivity contribution in [2.75, 3.05) is 27.2 Å². The number of unbranched alkanes of at least 4 members (excludes halogenated alkanes) is 9. The number of likely N-dealkylation sites (N-methyl/N-ethyl adjacent to an activating group) is 1. The lowest BCUT2D eigenvalue weighted by molar-refractivity contribution is -0.144. The summed E-state index contributed by atoms with van der Waals surface area (Å²) in [4.78, 5) is 23.3. The number of carboxylic acid groups (broad SMARTS) is 1. The Kier molecular flexibility index (Phi) is 16.7. The van der Waals surface area contributed by atoms with Gasteiger partial charge in [-0.25, -0.2) is 4.79 Å². The first-order chi connectivity index (χ1) is 13.9. The molecule has 0 bridgehead atoms. The van der Waals surface area contributed by atoms with Gasteiger partial charge in [-0.3, -0.25) is 9.69 Å². The number of para-hydroxylation sites is 1. The van der Waals surface area contributed by atoms with Crippen LogP contribution in [0.5, 0.6) is 5.75 Å². The second kappa shape index (κ2) is 18.0. The maximum atomic E-state index is 11.2. The molecule has 6 heteroatoms. The molecule has 166 valence electrons. The van der Waals surface area contributed by atoms with E-state index in [1.165, 1.54) is 69.9 Å². The summed E-state index contributed by atoms with van der Waals surface area (Å²) in [6.07, 6.45) is 13.1. The van der Waals surface area contributed by atoms with Crippen molar-refractivity contribution in [2.45, 2.75) is 71.1 Å². The van der Waals surface area contributed by atoms with E-state index in [9.17, 15) is 9.59 Å². The number of aromatic hydroxyl groups is 1. The number of rotatable bonds is 14. The molecule has 0 aliphatic rings. The number of phenols is 1. The Labute approximate surface area is 175 Å². The van der Waals surface area contributed by atoms with Gasteiger partial charge in [0.25, 0.3) is 0 Å². The number of aromatic carboxylic acids is 1. The van der Waals surface area contributed by atoms with Crippen molar-refractivity contribution < 1.29 is 24.5 Å². The van der Waals surface area contributed by atoms with Crippen LogP contribution in [0, 0.1) is 0 Å². The Morgan fingerprint density at radius 1 is 0.897 bits per heavy atom. The van der Waals surface area contributed by atoms with E-state index in [-0.39, 0.29) is 17.3 Å². The van der Waals surface area contributed by atoms with Crippen molar-refractivity contribution in [1.29, 1.82) is 0 Å². The van der Waals surface area contributed by atoms with E-state index < -0.39 is 5.97 Å². The lowest BCUT2D eigenvalue weighted by Crippen LogP contribution is -2.23. The van der Waals surface area contributed by atoms with Gasteiger partial charge in [-0.05, 0) is 32.6 Å². The van der Waals surface area contributed by atoms with Crippen LogP contribution < -0.4 is 0 Å². The van der Waals surface area contributed by atoms with Gasteiger partial charge >= 0.3 is 11.9 Å². The highest BCUT2D eigenvalue weighted by Crippen LogP contribution is 2.14. The van der Waals surface area contributed by atoms with Gasteiger partial charge in [0.15, 0.2) is 0 Å². The predicted octanol–water partition coefficient (Wildman–Crippen LogP) is 5.10. The zero-order valence-corrected chi connectivity index (χ0v) is 18.4. The number of esters is 1. The van der Waals surface area contributed by atoms with E-state index in [4.69, 9.17) is 14.9 Å². The van der Waals surface area contributed by atoms with Crippen LogP contribution in [0.3, 0.4) is 0 Å². The molecule has 1 rings (SSSR count). The van der Waals surface area contributed by atoms with Crippen molar-refractivity contribution in [2.24, 2.45) is 0 Å². The zero-order chi connectivity index (χ0) is 21.9. The van der Waals surface area contributed by atoms with E-state index in [0.717, 1.165) is 6.42 Å². The second-order valence-electron chi connectivity index (χ2n) is 7.46. The van der Waals surface area contributed by atoms with Crippen LogP contribution in [0.4, 0.5) is 0 Å². The molecule has 0 aromatic heterocycles. The molecule has 0 unspecified atom stereocenters. The molecule has 0 aliphatic heterocycles. The largest absolute Gasteiger partial charge is 0.507 e. The second-order valence-corrected chi connectivity index (χ2v) is 7.46. The number of hydrogen-bond donors (Lipinski definition) is 2. The van der Waals surface area contributed by atoms with Crippen molar-refractivity contribution in [3.8, 4) is 5.75 Å². The number of carbonyl (C=O) groups is 2. The summed E-state index contributed by atoms with van der Waals surface area (Å²) in [6.45, 7) is 3.23. The van der Waals surface area contributed by atoms with Crippen LogP contribution in [0.2, 0.25) is 0 Å². The first-order valence-corrected chi connectivity index (χ1v) is 10.7. The highest BCUT2D eigenvalue weighted by atomic mass is 16.5. The van der Waals surface area contributed by atoms with E-state index >= 15 is 0 Å². The summed E-state index contributed by atoms with van der Waals surface area (Å²) in [5.74, 6) is -1.42. The Morgan fingerprint density at radius 3 is 1.86 bits per heavy atom. The van der Waals surface area contributed by atoms with Gasteiger partial charge in [0.1, 0.15) is 11.3 Å². The molecule has 0 radical (unpaired) electrons. The molecule has 29 heavy (non-hydrogen) atoms. The molecule has 1 aromatic rings. The van der Waals surface area contributed by atoms with Gasteiger partial charge in [0.2, 0.25) is 0 Å². The van der Waals surface area contributed by atoms with Crippen molar-refractivity contribution in [1.82, 2.24) is 4.90 Å². The van der Waals surface area contributed by atoms with Crippen molar-refractivity contribution in [3.05, 3.63) is 29.8 Å². The fourth-order valence-corrected chi connectivity index (χ4v) is 2.73. The molecule has 0 saturated heterocycles. The third-order valence-electron chi connectivity index (χ3n) is 4.34. The molecule has 2 N–H and O–H groups in total. The summed E-state index contributed by atoms with van der Waals surface area (Å²) >= 11 is 0. The van der Waals surface area contributed by atoms with Crippen LogP contribution >= 0.6 is 0 Å². The number of hydrogen-bond acceptors (Lipinski definition) is 5. The van der Waals surface area contributed by atoms with E-state index in [1.807, 2.05) is 19.0 Å². The highest BCUT2D eigenvalue weighted by molar-refractivity contribution is 5.90. The third kappa shape index (κ3) is 16.6. The number of benzene rings is 1. The van der Waals surface area contributed by atoms with Gasteiger partial charge in [-0.15, -0.1) is 0 Å². The van der Waals surface area contributed by atoms with Crippen LogP contribution in [-0.4, -0.2) is 54.3 Å². The fraction of sp³-hybridized carbons (Fsp3) is 0.652. The number of carboxylic acids is 1. The molecule has 0 atom stereocenters. The topological polar surface area (TPSA) is 87.1 Å². The van der Waals surface area contributed by atoms with Gasteiger partial charge in [0, 0.05) is 0 Å². The number of ether oxygens (including phenoxy) is 1. The van der Waals surface area contributed by atoms with Crippen molar-refractivity contribution in [3.63, 3.8) is 0 Å². The molecule has 0 heterocycles. The molecule has 0 amide bonds. The molecule has 0 fully saturated rings. The minimum absolute atomic E-state index is 0.0671. The van der Waals surface area contributed by atoms with Gasteiger partial charge in [-0.2, -0.15) is 0 Å². The monoisotopic (exact) mass is 409 g/mol. The van der Waals surface area contributed by atoms with Gasteiger partial charge in [-0.1, -0.05) is 76.8 Å². The lowest BCUT2D eigenvalue weighted by Gasteiger charge is -2.09. The SMILES string of the molecule is CCCCCCCCCCCCOC(=O)CN(C)C.O=C(O)c1ccccc1O. The molecule has 6 nitrogen and oxygen atoms in total. The normalized spacial score (nSPS) is 10.3. The van der Waals surface area contributed by atoms with E-state index in [1.54, 1.807) is 12.1 Å². The Bertz CT molecular complexity index is 560. The number of nitrogens with zero attached hydrogens (tertiary/aromatic N) is 1. The van der Waals surface area contributed by atoms with E-state index in [0.29, 0.717) is 13.2 Å². The summed E-state index contributed by atoms with van der Waals surface area (Å²) < 4.78 is 5.14. The molecular weight excluding hydrogens is 370 g/mol. The molecule has 1 aromatic carbocycles. The van der Waals surface area contributed by atoms with Crippen LogP contribution in [0.15, 0.2) is 24.3 Å². The standard InChI is InChI=1S/C16H33NO2.C7H6O3/c1-4-5-6-7-8-9-10-11-12-13-14-19-16(18)15-17(2)3;8-6-4-2-1-3-5(6)7(9)10/h4-15H2,1-3H3;1-4,8H,(H,9,10). The van der Waals surface area contributed by atoms with Crippen LogP contribution in [0.1, 0.15) is 81.5 Å². The Morgan fingerprint density at radius 2 is 1.41 bits per heavy atom. The lowest BCUT2D eigenvalue weighted by atomic mass is 10.1. The quantitative estimate of drug-likeness (QED) is 0.328. The molecule has 0 aliphatic carbocycles. The summed E-state index contributed by atoms with van der Waals surface area (Å²) in [6, 6.07) is 5.81. The predicted molar refractivity (Wildman–Crippen MR) is 116 cm³/mol. The average molecular weight is 410 g/mol. The highest BCUT2D eigenvalue weighted by Gasteiger charge is 2.05. The molecule has 0 saturated carbocycles. The smallest absolute Gasteiger partial charge is 0.339 e. The maximum Gasteiger partial charge on any atom is 0.339 e. The van der Waals surface area contributed by atoms with E-state index in [2.05, 4.69) is 6.92 Å². The summed E-state index contributed by atoms with van der Waals surface area (Å²) in [7, 11) is 3.75. The average Bonchev–Trinajstić information content (AvgIpc) is 2.66. The first-order valence-electron chi connectivity index (χ1n) is 10.7. The molecular formula is C23H39NO5. The minimum Gasteiger partial charge on any atom is -0.507 e. The van der Waals surface area contributed by atoms with Crippen LogP contribution in [0.25, 0.3) is 0 Å². The Balaban J connectivity index is 0.000000651. The van der Waals surface area contributed by atoms with Crippen molar-refractivity contribution >= 4 is 11.9 Å². The maximum absolute atomic E-state index is 11.2. The third-order valence-corrected chi connectivity index (χ3v) is 4.34. The first kappa shape index (κ1) is 26.9.